The number of H-pyrrole nitrogens is 1. The molecule has 0 bridgehead atoms. The van der Waals surface area contributed by atoms with Crippen molar-refractivity contribution in [2.24, 2.45) is 5.41 Å². The van der Waals surface area contributed by atoms with Crippen LogP contribution in [0.15, 0.2) is 23.0 Å². The molecule has 0 aromatic carbocycles. The summed E-state index contributed by atoms with van der Waals surface area (Å²) in [6.45, 7) is 4.37. The molecule has 0 fully saturated rings. The first-order valence-corrected chi connectivity index (χ1v) is 8.16. The number of halogens is 3. The van der Waals surface area contributed by atoms with Crippen molar-refractivity contribution in [3.8, 4) is 23.0 Å². The number of alkyl halides is 3. The Labute approximate surface area is 146 Å². The van der Waals surface area contributed by atoms with Gasteiger partial charge in [-0.1, -0.05) is 19.0 Å². The van der Waals surface area contributed by atoms with Crippen LogP contribution in [0.3, 0.4) is 0 Å². The van der Waals surface area contributed by atoms with Crippen molar-refractivity contribution >= 4 is 0 Å². The average Bonchev–Trinajstić information content (AvgIpc) is 3.19. The van der Waals surface area contributed by atoms with Gasteiger partial charge in [-0.25, -0.2) is 0 Å². The van der Waals surface area contributed by atoms with Crippen molar-refractivity contribution < 1.29 is 17.7 Å². The third-order valence-corrected chi connectivity index (χ3v) is 4.66. The lowest BCUT2D eigenvalue weighted by molar-refractivity contribution is -0.137. The Balaban J connectivity index is 1.72. The van der Waals surface area contributed by atoms with Gasteiger partial charge in [-0.2, -0.15) is 23.3 Å². The molecule has 0 unspecified atom stereocenters. The lowest BCUT2D eigenvalue weighted by Gasteiger charge is -2.28. The minimum Gasteiger partial charge on any atom is -0.332 e. The summed E-state index contributed by atoms with van der Waals surface area (Å²) in [5, 5.41) is 11.0. The predicted octanol–water partition coefficient (Wildman–Crippen LogP) is 4.06. The first-order valence-electron chi connectivity index (χ1n) is 8.16. The molecule has 9 heteroatoms. The van der Waals surface area contributed by atoms with Gasteiger partial charge in [-0.3, -0.25) is 10.1 Å². The minimum atomic E-state index is -4.53. The van der Waals surface area contributed by atoms with E-state index in [0.29, 0.717) is 5.69 Å². The summed E-state index contributed by atoms with van der Waals surface area (Å²) < 4.78 is 44.8. The molecular formula is C17H16F3N5O. The molecule has 3 aromatic heterocycles. The molecule has 1 aliphatic rings. The first kappa shape index (κ1) is 16.7. The summed E-state index contributed by atoms with van der Waals surface area (Å²) in [6.07, 6.45) is 0.257. The Bertz CT molecular complexity index is 957. The first-order chi connectivity index (χ1) is 12.2. The van der Waals surface area contributed by atoms with Crippen molar-refractivity contribution in [3.05, 3.63) is 35.3 Å². The Morgan fingerprint density at radius 1 is 1.27 bits per heavy atom. The minimum absolute atomic E-state index is 0.106. The second kappa shape index (κ2) is 5.65. The van der Waals surface area contributed by atoms with E-state index in [-0.39, 0.29) is 22.7 Å². The Morgan fingerprint density at radius 2 is 2.08 bits per heavy atom. The van der Waals surface area contributed by atoms with Crippen molar-refractivity contribution in [1.29, 1.82) is 0 Å². The van der Waals surface area contributed by atoms with Gasteiger partial charge >= 0.3 is 6.18 Å². The maximum Gasteiger partial charge on any atom is 0.417 e. The Hall–Kier alpha value is -2.71. The number of hydrogen-bond donors (Lipinski definition) is 1. The van der Waals surface area contributed by atoms with Gasteiger partial charge in [0.15, 0.2) is 5.69 Å². The highest BCUT2D eigenvalue weighted by Gasteiger charge is 2.35. The molecule has 3 heterocycles. The molecule has 0 amide bonds. The number of hydrogen-bond acceptors (Lipinski definition) is 5. The molecule has 0 radical (unpaired) electrons. The number of nitrogens with one attached hydrogen (secondary N) is 1. The summed E-state index contributed by atoms with van der Waals surface area (Å²) in [7, 11) is 0. The van der Waals surface area contributed by atoms with Crippen LogP contribution in [0.1, 0.15) is 37.1 Å². The van der Waals surface area contributed by atoms with E-state index in [9.17, 15) is 13.2 Å². The van der Waals surface area contributed by atoms with Gasteiger partial charge in [0.05, 0.1) is 11.1 Å². The molecule has 4 rings (SSSR count). The highest BCUT2D eigenvalue weighted by molar-refractivity contribution is 5.63. The zero-order valence-corrected chi connectivity index (χ0v) is 14.2. The topological polar surface area (TPSA) is 80.5 Å². The van der Waals surface area contributed by atoms with Crippen LogP contribution in [0.4, 0.5) is 13.2 Å². The van der Waals surface area contributed by atoms with Gasteiger partial charge in [0, 0.05) is 23.7 Å². The number of rotatable bonds is 2. The zero-order chi connectivity index (χ0) is 18.5. The van der Waals surface area contributed by atoms with Gasteiger partial charge in [0.25, 0.3) is 5.89 Å². The van der Waals surface area contributed by atoms with Gasteiger partial charge in [-0.05, 0) is 30.7 Å². The summed E-state index contributed by atoms with van der Waals surface area (Å²) >= 11 is 0. The van der Waals surface area contributed by atoms with Crippen molar-refractivity contribution in [2.45, 2.75) is 39.3 Å². The van der Waals surface area contributed by atoms with Crippen LogP contribution in [0.5, 0.6) is 0 Å². The third-order valence-electron chi connectivity index (χ3n) is 4.66. The van der Waals surface area contributed by atoms with Crippen LogP contribution in [0, 0.1) is 5.41 Å². The van der Waals surface area contributed by atoms with Crippen LogP contribution >= 0.6 is 0 Å². The molecular weight excluding hydrogens is 347 g/mol. The maximum atomic E-state index is 13.2. The van der Waals surface area contributed by atoms with Gasteiger partial charge in [0.2, 0.25) is 5.82 Å². The molecule has 6 nitrogen and oxygen atoms in total. The van der Waals surface area contributed by atoms with E-state index in [1.165, 1.54) is 0 Å². The second-order valence-electron chi connectivity index (χ2n) is 7.21. The van der Waals surface area contributed by atoms with Crippen LogP contribution in [-0.4, -0.2) is 25.3 Å². The van der Waals surface area contributed by atoms with Crippen LogP contribution in [0.2, 0.25) is 0 Å². The average molecular weight is 363 g/mol. The fourth-order valence-electron chi connectivity index (χ4n) is 3.27. The second-order valence-corrected chi connectivity index (χ2v) is 7.21. The highest BCUT2D eigenvalue weighted by atomic mass is 19.4. The number of nitrogens with zero attached hydrogens (tertiary/aromatic N) is 4. The van der Waals surface area contributed by atoms with Crippen LogP contribution < -0.4 is 0 Å². The SMILES string of the molecule is CC1(C)CCc2c(-c3nc(-c4cnccc4C(F)(F)F)no3)n[nH]c2C1. The summed E-state index contributed by atoms with van der Waals surface area (Å²) in [4.78, 5) is 7.89. The summed E-state index contributed by atoms with van der Waals surface area (Å²) in [5.41, 5.74) is 1.60. The van der Waals surface area contributed by atoms with Gasteiger partial charge in [-0.15, -0.1) is 0 Å². The molecule has 0 saturated heterocycles. The van der Waals surface area contributed by atoms with E-state index in [2.05, 4.69) is 39.2 Å². The molecule has 0 aliphatic heterocycles. The fourth-order valence-corrected chi connectivity index (χ4v) is 3.27. The predicted molar refractivity (Wildman–Crippen MR) is 85.9 cm³/mol. The van der Waals surface area contributed by atoms with E-state index in [4.69, 9.17) is 4.52 Å². The molecule has 0 spiro atoms. The van der Waals surface area contributed by atoms with Crippen LogP contribution in [-0.2, 0) is 19.0 Å². The molecule has 1 aliphatic carbocycles. The summed E-state index contributed by atoms with van der Waals surface area (Å²) in [6, 6.07) is 0.893. The largest absolute Gasteiger partial charge is 0.417 e. The molecule has 136 valence electrons. The molecule has 26 heavy (non-hydrogen) atoms. The van der Waals surface area contributed by atoms with Crippen molar-refractivity contribution in [2.75, 3.05) is 0 Å². The van der Waals surface area contributed by atoms with Crippen molar-refractivity contribution in [3.63, 3.8) is 0 Å². The fraction of sp³-hybridized carbons (Fsp3) is 0.412. The van der Waals surface area contributed by atoms with Gasteiger partial charge < -0.3 is 4.52 Å². The standard InChI is InChI=1S/C17H16F3N5O/c1-16(2)5-3-9-12(7-16)23-24-13(9)15-22-14(25-26-15)10-8-21-6-4-11(10)17(18,19)20/h4,6,8H,3,5,7H2,1-2H3,(H,23,24). The van der Waals surface area contributed by atoms with Gasteiger partial charge in [0.1, 0.15) is 0 Å². The maximum absolute atomic E-state index is 13.2. The van der Waals surface area contributed by atoms with Crippen LogP contribution in [0.25, 0.3) is 23.0 Å². The van der Waals surface area contributed by atoms with E-state index in [1.807, 2.05) is 0 Å². The Kier molecular flexibility index (Phi) is 3.64. The number of fused-ring (bicyclic) bond motifs is 1. The lowest BCUT2D eigenvalue weighted by Crippen LogP contribution is -2.21. The number of pyridine rings is 1. The third kappa shape index (κ3) is 2.87. The van der Waals surface area contributed by atoms with E-state index >= 15 is 0 Å². The monoisotopic (exact) mass is 363 g/mol. The van der Waals surface area contributed by atoms with E-state index < -0.39 is 11.7 Å². The highest BCUT2D eigenvalue weighted by Crippen LogP contribution is 2.39. The van der Waals surface area contributed by atoms with E-state index in [0.717, 1.165) is 49.0 Å². The zero-order valence-electron chi connectivity index (χ0n) is 14.2. The normalized spacial score (nSPS) is 16.5. The molecule has 0 saturated carbocycles. The Morgan fingerprint density at radius 3 is 2.85 bits per heavy atom. The number of aromatic nitrogens is 5. The number of aromatic amines is 1. The smallest absolute Gasteiger partial charge is 0.332 e. The molecule has 0 atom stereocenters. The quantitative estimate of drug-likeness (QED) is 0.743. The summed E-state index contributed by atoms with van der Waals surface area (Å²) in [5.74, 6) is -0.0532. The molecule has 3 aromatic rings. The lowest BCUT2D eigenvalue weighted by atomic mass is 9.76. The van der Waals surface area contributed by atoms with Crippen molar-refractivity contribution in [1.82, 2.24) is 25.3 Å². The molecule has 1 N–H and O–H groups in total. The van der Waals surface area contributed by atoms with E-state index in [1.54, 1.807) is 0 Å².